The van der Waals surface area contributed by atoms with Crippen molar-refractivity contribution < 1.29 is 23.9 Å². The van der Waals surface area contributed by atoms with Gasteiger partial charge in [0.2, 0.25) is 11.8 Å². The van der Waals surface area contributed by atoms with Crippen LogP contribution in [0.5, 0.6) is 11.5 Å². The maximum absolute atomic E-state index is 12.7. The van der Waals surface area contributed by atoms with Gasteiger partial charge in [-0.3, -0.25) is 9.59 Å². The number of ether oxygens (including phenoxy) is 2. The number of alkyl carbamates (subject to hydrolysis) is 1. The average Bonchev–Trinajstić information content (AvgIpc) is 2.83. The molecule has 0 saturated carbocycles. The van der Waals surface area contributed by atoms with Crippen LogP contribution in [0.15, 0.2) is 84.9 Å². The van der Waals surface area contributed by atoms with Crippen molar-refractivity contribution in [1.29, 1.82) is 0 Å². The van der Waals surface area contributed by atoms with Crippen LogP contribution in [0, 0.1) is 0 Å². The van der Waals surface area contributed by atoms with Crippen molar-refractivity contribution >= 4 is 23.6 Å². The molecule has 0 bridgehead atoms. The third kappa shape index (κ3) is 8.02. The third-order valence-corrected chi connectivity index (χ3v) is 4.60. The van der Waals surface area contributed by atoms with Crippen LogP contribution >= 0.6 is 0 Å². The molecule has 0 radical (unpaired) electrons. The summed E-state index contributed by atoms with van der Waals surface area (Å²) in [6.45, 7) is 0.0553. The van der Waals surface area contributed by atoms with E-state index in [1.807, 2.05) is 60.7 Å². The Morgan fingerprint density at radius 1 is 0.818 bits per heavy atom. The average molecular weight is 447 g/mol. The van der Waals surface area contributed by atoms with Crippen molar-refractivity contribution in [3.63, 3.8) is 0 Å². The summed E-state index contributed by atoms with van der Waals surface area (Å²) < 4.78 is 10.9. The summed E-state index contributed by atoms with van der Waals surface area (Å²) in [5, 5.41) is 5.22. The number of amides is 3. The smallest absolute Gasteiger partial charge is 0.408 e. The lowest BCUT2D eigenvalue weighted by Crippen LogP contribution is -2.44. The van der Waals surface area contributed by atoms with Crippen molar-refractivity contribution in [3.05, 3.63) is 90.5 Å². The molecule has 0 fully saturated rings. The molecule has 33 heavy (non-hydrogen) atoms. The molecule has 4 N–H and O–H groups in total. The Kier molecular flexibility index (Phi) is 8.41. The Balaban J connectivity index is 1.57. The maximum atomic E-state index is 12.7. The highest BCUT2D eigenvalue weighted by atomic mass is 16.5. The number of primary amides is 1. The van der Waals surface area contributed by atoms with Gasteiger partial charge in [-0.15, -0.1) is 0 Å². The Labute approximate surface area is 191 Å². The fourth-order valence-corrected chi connectivity index (χ4v) is 2.92. The topological polar surface area (TPSA) is 120 Å². The predicted octanol–water partition coefficient (Wildman–Crippen LogP) is 3.98. The molecule has 3 amide bonds. The molecule has 0 aliphatic carbocycles. The van der Waals surface area contributed by atoms with Gasteiger partial charge in [0.1, 0.15) is 24.1 Å². The fourth-order valence-electron chi connectivity index (χ4n) is 2.92. The first-order valence-electron chi connectivity index (χ1n) is 10.4. The van der Waals surface area contributed by atoms with E-state index in [-0.39, 0.29) is 19.4 Å². The van der Waals surface area contributed by atoms with E-state index in [0.717, 1.165) is 5.56 Å². The van der Waals surface area contributed by atoms with Crippen molar-refractivity contribution in [2.75, 3.05) is 5.32 Å². The van der Waals surface area contributed by atoms with Gasteiger partial charge in [0.25, 0.3) is 0 Å². The molecule has 0 spiro atoms. The number of anilines is 1. The second-order valence-electron chi connectivity index (χ2n) is 7.19. The molecule has 8 nitrogen and oxygen atoms in total. The van der Waals surface area contributed by atoms with E-state index in [2.05, 4.69) is 10.6 Å². The number of hydrogen-bond donors (Lipinski definition) is 3. The van der Waals surface area contributed by atoms with Gasteiger partial charge in [-0.2, -0.15) is 0 Å². The van der Waals surface area contributed by atoms with Gasteiger partial charge in [0, 0.05) is 12.1 Å². The number of rotatable bonds is 10. The minimum Gasteiger partial charge on any atom is -0.457 e. The standard InChI is InChI=1S/C25H25N3O5/c26-23(29)16-15-22(28-25(31)32-17-18-7-3-1-4-8-18)24(30)27-19-11-13-21(14-12-19)33-20-9-5-2-6-10-20/h1-14,22H,15-17H2,(H2,26,29)(H,27,30)(H,28,31)/t22-/m0/s1. The largest absolute Gasteiger partial charge is 0.457 e. The number of carbonyl (C=O) groups is 3. The molecule has 8 heteroatoms. The quantitative estimate of drug-likeness (QED) is 0.434. The van der Waals surface area contributed by atoms with Crippen LogP contribution in [-0.2, 0) is 20.9 Å². The van der Waals surface area contributed by atoms with E-state index in [1.165, 1.54) is 0 Å². The number of benzene rings is 3. The van der Waals surface area contributed by atoms with E-state index >= 15 is 0 Å². The molecule has 0 aliphatic heterocycles. The monoisotopic (exact) mass is 447 g/mol. The molecular weight excluding hydrogens is 422 g/mol. The van der Waals surface area contributed by atoms with Gasteiger partial charge in [0.15, 0.2) is 0 Å². The molecule has 3 aromatic carbocycles. The lowest BCUT2D eigenvalue weighted by molar-refractivity contribution is -0.119. The van der Waals surface area contributed by atoms with Crippen LogP contribution < -0.4 is 21.1 Å². The van der Waals surface area contributed by atoms with Crippen LogP contribution in [0.25, 0.3) is 0 Å². The first kappa shape index (κ1) is 23.3. The highest BCUT2D eigenvalue weighted by molar-refractivity contribution is 5.96. The van der Waals surface area contributed by atoms with E-state index in [1.54, 1.807) is 24.3 Å². The van der Waals surface area contributed by atoms with E-state index in [0.29, 0.717) is 17.2 Å². The lowest BCUT2D eigenvalue weighted by atomic mass is 10.1. The third-order valence-electron chi connectivity index (χ3n) is 4.60. The van der Waals surface area contributed by atoms with Gasteiger partial charge in [-0.1, -0.05) is 48.5 Å². The second-order valence-corrected chi connectivity index (χ2v) is 7.19. The highest BCUT2D eigenvalue weighted by Crippen LogP contribution is 2.22. The number of para-hydroxylation sites is 1. The molecule has 0 aliphatic rings. The summed E-state index contributed by atoms with van der Waals surface area (Å²) in [7, 11) is 0. The number of nitrogens with two attached hydrogens (primary N) is 1. The molecule has 3 rings (SSSR count). The predicted molar refractivity (Wildman–Crippen MR) is 124 cm³/mol. The lowest BCUT2D eigenvalue weighted by Gasteiger charge is -2.18. The summed E-state index contributed by atoms with van der Waals surface area (Å²) in [5.74, 6) is 0.227. The summed E-state index contributed by atoms with van der Waals surface area (Å²) in [6.07, 6.45) is -0.798. The zero-order valence-corrected chi connectivity index (χ0v) is 17.9. The Bertz CT molecular complexity index is 1060. The van der Waals surface area contributed by atoms with Crippen LogP contribution in [0.4, 0.5) is 10.5 Å². The van der Waals surface area contributed by atoms with Crippen molar-refractivity contribution in [1.82, 2.24) is 5.32 Å². The van der Waals surface area contributed by atoms with Gasteiger partial charge in [-0.05, 0) is 48.4 Å². The van der Waals surface area contributed by atoms with E-state index in [9.17, 15) is 14.4 Å². The van der Waals surface area contributed by atoms with Gasteiger partial charge in [0.05, 0.1) is 0 Å². The highest BCUT2D eigenvalue weighted by Gasteiger charge is 2.22. The van der Waals surface area contributed by atoms with Crippen LogP contribution in [-0.4, -0.2) is 23.9 Å². The van der Waals surface area contributed by atoms with E-state index < -0.39 is 23.9 Å². The minimum atomic E-state index is -0.999. The maximum Gasteiger partial charge on any atom is 0.408 e. The first-order chi connectivity index (χ1) is 16.0. The Morgan fingerprint density at radius 3 is 2.06 bits per heavy atom. The molecule has 0 unspecified atom stereocenters. The molecule has 1 atom stereocenters. The molecule has 0 saturated heterocycles. The van der Waals surface area contributed by atoms with Crippen LogP contribution in [0.2, 0.25) is 0 Å². The number of hydrogen-bond acceptors (Lipinski definition) is 5. The van der Waals surface area contributed by atoms with Gasteiger partial charge < -0.3 is 25.8 Å². The minimum absolute atomic E-state index is 0.0385. The zero-order valence-electron chi connectivity index (χ0n) is 17.9. The van der Waals surface area contributed by atoms with Crippen molar-refractivity contribution in [3.8, 4) is 11.5 Å². The van der Waals surface area contributed by atoms with Crippen molar-refractivity contribution in [2.45, 2.75) is 25.5 Å². The summed E-state index contributed by atoms with van der Waals surface area (Å²) in [5.41, 5.74) is 6.52. The Morgan fingerprint density at radius 2 is 1.42 bits per heavy atom. The van der Waals surface area contributed by atoms with Crippen molar-refractivity contribution in [2.24, 2.45) is 5.73 Å². The molecule has 170 valence electrons. The normalized spacial score (nSPS) is 11.2. The van der Waals surface area contributed by atoms with Gasteiger partial charge in [-0.25, -0.2) is 4.79 Å². The summed E-state index contributed by atoms with van der Waals surface area (Å²) >= 11 is 0. The molecule has 0 aromatic heterocycles. The molecular formula is C25H25N3O5. The number of carbonyl (C=O) groups excluding carboxylic acids is 3. The fraction of sp³-hybridized carbons (Fsp3) is 0.160. The SMILES string of the molecule is NC(=O)CC[C@H](NC(=O)OCc1ccccc1)C(=O)Nc1ccc(Oc2ccccc2)cc1. The second kappa shape index (κ2) is 11.9. The molecule has 0 heterocycles. The van der Waals surface area contributed by atoms with Gasteiger partial charge >= 0.3 is 6.09 Å². The Hall–Kier alpha value is -4.33. The number of nitrogens with one attached hydrogen (secondary N) is 2. The summed E-state index contributed by atoms with van der Waals surface area (Å²) in [4.78, 5) is 36.1. The van der Waals surface area contributed by atoms with Crippen LogP contribution in [0.3, 0.4) is 0 Å². The van der Waals surface area contributed by atoms with Crippen LogP contribution in [0.1, 0.15) is 18.4 Å². The van der Waals surface area contributed by atoms with E-state index in [4.69, 9.17) is 15.2 Å². The first-order valence-corrected chi connectivity index (χ1v) is 10.4. The molecule has 3 aromatic rings. The summed E-state index contributed by atoms with van der Waals surface area (Å²) in [6, 6.07) is 24.2. The zero-order chi connectivity index (χ0) is 23.5.